The fourth-order valence-electron chi connectivity index (χ4n) is 2.44. The van der Waals surface area contributed by atoms with Crippen molar-refractivity contribution in [2.24, 2.45) is 11.7 Å². The first-order valence-electron chi connectivity index (χ1n) is 7.08. The molecule has 0 aliphatic rings. The molecule has 2 aromatic rings. The quantitative estimate of drug-likeness (QED) is 0.908. The van der Waals surface area contributed by atoms with Crippen LogP contribution in [0.15, 0.2) is 42.5 Å². The number of benzene rings is 2. The van der Waals surface area contributed by atoms with E-state index in [9.17, 15) is 4.79 Å². The second-order valence-corrected chi connectivity index (χ2v) is 5.22. The number of carbonyl (C=O) groups excluding carboxylic acids is 1. The molecule has 0 aromatic heterocycles. The zero-order valence-electron chi connectivity index (χ0n) is 12.2. The van der Waals surface area contributed by atoms with Crippen LogP contribution in [0, 0.1) is 5.92 Å². The summed E-state index contributed by atoms with van der Waals surface area (Å²) >= 11 is 0. The number of hydrogen-bond acceptors (Lipinski definition) is 2. The molecule has 0 saturated carbocycles. The Morgan fingerprint density at radius 1 is 1.20 bits per heavy atom. The Hall–Kier alpha value is -1.87. The molecule has 3 nitrogen and oxygen atoms in total. The van der Waals surface area contributed by atoms with Gasteiger partial charge in [-0.25, -0.2) is 0 Å². The van der Waals surface area contributed by atoms with Gasteiger partial charge in [-0.1, -0.05) is 43.3 Å². The largest absolute Gasteiger partial charge is 0.341 e. The molecule has 20 heavy (non-hydrogen) atoms. The predicted octanol–water partition coefficient (Wildman–Crippen LogP) is 2.78. The van der Waals surface area contributed by atoms with E-state index in [1.807, 2.05) is 26.1 Å². The first kappa shape index (κ1) is 14.5. The molecule has 3 heteroatoms. The minimum Gasteiger partial charge on any atom is -0.341 e. The van der Waals surface area contributed by atoms with Crippen molar-refractivity contribution in [3.05, 3.63) is 48.0 Å². The van der Waals surface area contributed by atoms with Crippen LogP contribution in [0.25, 0.3) is 10.8 Å². The Bertz CT molecular complexity index is 590. The third-order valence-electron chi connectivity index (χ3n) is 3.74. The first-order chi connectivity index (χ1) is 9.65. The molecule has 0 saturated heterocycles. The normalized spacial score (nSPS) is 12.3. The van der Waals surface area contributed by atoms with Gasteiger partial charge in [0.05, 0.1) is 5.92 Å². The molecule has 0 aliphatic heterocycles. The van der Waals surface area contributed by atoms with Crippen LogP contribution >= 0.6 is 0 Å². The molecular formula is C17H22N2O. The van der Waals surface area contributed by atoms with Crippen molar-refractivity contribution in [1.29, 1.82) is 0 Å². The van der Waals surface area contributed by atoms with E-state index >= 15 is 0 Å². The molecule has 0 fully saturated rings. The lowest BCUT2D eigenvalue weighted by Crippen LogP contribution is -2.35. The molecule has 0 radical (unpaired) electrons. The topological polar surface area (TPSA) is 46.3 Å². The van der Waals surface area contributed by atoms with Gasteiger partial charge >= 0.3 is 0 Å². The number of hydrogen-bond donors (Lipinski definition) is 1. The van der Waals surface area contributed by atoms with Gasteiger partial charge in [0.25, 0.3) is 0 Å². The molecular weight excluding hydrogens is 248 g/mol. The Labute approximate surface area is 120 Å². The van der Waals surface area contributed by atoms with Crippen LogP contribution in [0.5, 0.6) is 0 Å². The molecule has 0 spiro atoms. The minimum atomic E-state index is -0.0690. The van der Waals surface area contributed by atoms with E-state index in [0.29, 0.717) is 13.1 Å². The number of rotatable bonds is 5. The van der Waals surface area contributed by atoms with Crippen LogP contribution in [0.2, 0.25) is 0 Å². The van der Waals surface area contributed by atoms with Gasteiger partial charge < -0.3 is 10.6 Å². The second kappa shape index (κ2) is 6.53. The van der Waals surface area contributed by atoms with Crippen molar-refractivity contribution in [3.63, 3.8) is 0 Å². The molecule has 106 valence electrons. The van der Waals surface area contributed by atoms with Crippen LogP contribution in [0.4, 0.5) is 0 Å². The first-order valence-corrected chi connectivity index (χ1v) is 7.08. The van der Waals surface area contributed by atoms with E-state index in [2.05, 4.69) is 30.3 Å². The van der Waals surface area contributed by atoms with Crippen LogP contribution in [0.1, 0.15) is 18.9 Å². The van der Waals surface area contributed by atoms with Crippen molar-refractivity contribution in [2.75, 3.05) is 13.6 Å². The summed E-state index contributed by atoms with van der Waals surface area (Å²) in [7, 11) is 1.84. The molecule has 0 aliphatic carbocycles. The van der Waals surface area contributed by atoms with Gasteiger partial charge in [0.1, 0.15) is 0 Å². The monoisotopic (exact) mass is 270 g/mol. The number of nitrogens with zero attached hydrogens (tertiary/aromatic N) is 1. The van der Waals surface area contributed by atoms with E-state index in [0.717, 1.165) is 12.0 Å². The highest BCUT2D eigenvalue weighted by Crippen LogP contribution is 2.17. The standard InChI is InChI=1S/C17H22N2O/c1-3-14(11-18)17(20)19(2)12-13-8-9-15-6-4-5-7-16(15)10-13/h4-10,14H,3,11-12,18H2,1-2H3. The van der Waals surface area contributed by atoms with E-state index in [1.165, 1.54) is 10.8 Å². The number of nitrogens with two attached hydrogens (primary N) is 1. The molecule has 2 N–H and O–H groups in total. The van der Waals surface area contributed by atoms with Gasteiger partial charge in [0.15, 0.2) is 0 Å². The van der Waals surface area contributed by atoms with Crippen molar-refractivity contribution in [2.45, 2.75) is 19.9 Å². The average Bonchev–Trinajstić information content (AvgIpc) is 2.48. The zero-order chi connectivity index (χ0) is 14.5. The third-order valence-corrected chi connectivity index (χ3v) is 3.74. The van der Waals surface area contributed by atoms with Gasteiger partial charge in [-0.05, 0) is 28.8 Å². The summed E-state index contributed by atoms with van der Waals surface area (Å²) in [5.41, 5.74) is 6.79. The van der Waals surface area contributed by atoms with Gasteiger partial charge in [-0.15, -0.1) is 0 Å². The van der Waals surface area contributed by atoms with Gasteiger partial charge in [-0.3, -0.25) is 4.79 Å². The zero-order valence-corrected chi connectivity index (χ0v) is 12.2. The second-order valence-electron chi connectivity index (χ2n) is 5.22. The molecule has 2 aromatic carbocycles. The van der Waals surface area contributed by atoms with Crippen molar-refractivity contribution >= 4 is 16.7 Å². The molecule has 1 unspecified atom stereocenters. The smallest absolute Gasteiger partial charge is 0.226 e. The highest BCUT2D eigenvalue weighted by molar-refractivity contribution is 5.83. The molecule has 2 rings (SSSR count). The predicted molar refractivity (Wildman–Crippen MR) is 83.3 cm³/mol. The number of carbonyl (C=O) groups is 1. The number of fused-ring (bicyclic) bond motifs is 1. The van der Waals surface area contributed by atoms with Crippen LogP contribution in [-0.2, 0) is 11.3 Å². The van der Waals surface area contributed by atoms with Gasteiger partial charge in [0.2, 0.25) is 5.91 Å². The highest BCUT2D eigenvalue weighted by atomic mass is 16.2. The summed E-state index contributed by atoms with van der Waals surface area (Å²) in [5.74, 6) is 0.0589. The van der Waals surface area contributed by atoms with Crippen molar-refractivity contribution < 1.29 is 4.79 Å². The molecule has 1 atom stereocenters. The van der Waals surface area contributed by atoms with E-state index in [-0.39, 0.29) is 11.8 Å². The lowest BCUT2D eigenvalue weighted by atomic mass is 10.0. The molecule has 0 bridgehead atoms. The van der Waals surface area contributed by atoms with Gasteiger partial charge in [-0.2, -0.15) is 0 Å². The summed E-state index contributed by atoms with van der Waals surface area (Å²) < 4.78 is 0. The maximum absolute atomic E-state index is 12.2. The SMILES string of the molecule is CCC(CN)C(=O)N(C)Cc1ccc2ccccc2c1. The lowest BCUT2D eigenvalue weighted by Gasteiger charge is -2.22. The summed E-state index contributed by atoms with van der Waals surface area (Å²) in [6.45, 7) is 3.04. The number of amides is 1. The summed E-state index contributed by atoms with van der Waals surface area (Å²) in [4.78, 5) is 14.0. The van der Waals surface area contributed by atoms with Gasteiger partial charge in [0, 0.05) is 20.1 Å². The maximum atomic E-state index is 12.2. The fourth-order valence-corrected chi connectivity index (χ4v) is 2.44. The maximum Gasteiger partial charge on any atom is 0.226 e. The third kappa shape index (κ3) is 3.17. The van der Waals surface area contributed by atoms with E-state index in [4.69, 9.17) is 5.73 Å². The summed E-state index contributed by atoms with van der Waals surface area (Å²) in [6, 6.07) is 14.6. The Kier molecular flexibility index (Phi) is 4.74. The van der Waals surface area contributed by atoms with E-state index < -0.39 is 0 Å². The highest BCUT2D eigenvalue weighted by Gasteiger charge is 2.18. The summed E-state index contributed by atoms with van der Waals surface area (Å²) in [5, 5.41) is 2.43. The van der Waals surface area contributed by atoms with Crippen molar-refractivity contribution in [3.8, 4) is 0 Å². The Morgan fingerprint density at radius 3 is 2.55 bits per heavy atom. The summed E-state index contributed by atoms with van der Waals surface area (Å²) in [6.07, 6.45) is 0.789. The van der Waals surface area contributed by atoms with Crippen LogP contribution in [-0.4, -0.2) is 24.4 Å². The Balaban J connectivity index is 2.13. The molecule has 1 amide bonds. The van der Waals surface area contributed by atoms with Crippen LogP contribution in [0.3, 0.4) is 0 Å². The Morgan fingerprint density at radius 2 is 1.90 bits per heavy atom. The molecule has 0 heterocycles. The van der Waals surface area contributed by atoms with Crippen LogP contribution < -0.4 is 5.73 Å². The lowest BCUT2D eigenvalue weighted by molar-refractivity contribution is -0.134. The van der Waals surface area contributed by atoms with E-state index in [1.54, 1.807) is 4.90 Å². The fraction of sp³-hybridized carbons (Fsp3) is 0.353. The minimum absolute atomic E-state index is 0.0690. The van der Waals surface area contributed by atoms with Crippen molar-refractivity contribution in [1.82, 2.24) is 4.90 Å². The average molecular weight is 270 g/mol.